The minimum Gasteiger partial charge on any atom is -0.396 e. The number of aliphatic hydroxyl groups is 1. The Kier molecular flexibility index (Phi) is 4.43. The Morgan fingerprint density at radius 3 is 2.89 bits per heavy atom. The maximum absolute atomic E-state index is 11.9. The molecule has 19 heavy (non-hydrogen) atoms. The number of hydrogen-bond acceptors (Lipinski definition) is 2. The molecule has 0 spiro atoms. The van der Waals surface area contributed by atoms with Gasteiger partial charge in [0.2, 0.25) is 0 Å². The highest BCUT2D eigenvalue weighted by atomic mass is 16.3. The highest BCUT2D eigenvalue weighted by molar-refractivity contribution is 5.75. The predicted octanol–water partition coefficient (Wildman–Crippen LogP) is 1.99. The lowest BCUT2D eigenvalue weighted by Crippen LogP contribution is -2.45. The van der Waals surface area contributed by atoms with E-state index in [4.69, 9.17) is 5.11 Å². The van der Waals surface area contributed by atoms with E-state index in [-0.39, 0.29) is 30.6 Å². The molecule has 0 saturated carbocycles. The molecule has 0 heterocycles. The number of fused-ring (bicyclic) bond motifs is 1. The van der Waals surface area contributed by atoms with Crippen molar-refractivity contribution < 1.29 is 9.90 Å². The number of urea groups is 1. The molecule has 4 nitrogen and oxygen atoms in total. The molecule has 0 bridgehead atoms. The molecule has 3 atom stereocenters. The van der Waals surface area contributed by atoms with Crippen LogP contribution in [0.4, 0.5) is 4.79 Å². The Balaban J connectivity index is 1.91. The summed E-state index contributed by atoms with van der Waals surface area (Å²) in [7, 11) is 0. The van der Waals surface area contributed by atoms with E-state index in [1.54, 1.807) is 0 Å². The van der Waals surface area contributed by atoms with E-state index in [1.807, 2.05) is 26.0 Å². The minimum absolute atomic E-state index is 0.0401. The van der Waals surface area contributed by atoms with Crippen molar-refractivity contribution in [3.05, 3.63) is 35.4 Å². The van der Waals surface area contributed by atoms with Crippen LogP contribution in [0.15, 0.2) is 24.3 Å². The van der Waals surface area contributed by atoms with Crippen molar-refractivity contribution in [2.75, 3.05) is 6.61 Å². The van der Waals surface area contributed by atoms with E-state index in [0.29, 0.717) is 0 Å². The van der Waals surface area contributed by atoms with Crippen LogP contribution >= 0.6 is 0 Å². The first-order valence-corrected chi connectivity index (χ1v) is 6.87. The molecule has 1 aliphatic carbocycles. The molecule has 0 aliphatic heterocycles. The van der Waals surface area contributed by atoms with Gasteiger partial charge in [0, 0.05) is 12.6 Å². The Hall–Kier alpha value is -1.55. The van der Waals surface area contributed by atoms with Crippen molar-refractivity contribution in [3.63, 3.8) is 0 Å². The standard InChI is InChI=1S/C15H22N2O2/c1-10(9-18)11(2)16-15(19)17-14-8-7-12-5-3-4-6-13(12)14/h3-6,10-11,14,18H,7-9H2,1-2H3,(H2,16,17,19). The zero-order chi connectivity index (χ0) is 13.8. The number of amides is 2. The molecular formula is C15H22N2O2. The van der Waals surface area contributed by atoms with Crippen molar-refractivity contribution in [1.82, 2.24) is 10.6 Å². The van der Waals surface area contributed by atoms with Gasteiger partial charge in [-0.1, -0.05) is 31.2 Å². The molecule has 2 rings (SSSR count). The maximum Gasteiger partial charge on any atom is 0.315 e. The molecule has 0 saturated heterocycles. The number of hydrogen-bond donors (Lipinski definition) is 3. The van der Waals surface area contributed by atoms with Crippen LogP contribution < -0.4 is 10.6 Å². The van der Waals surface area contributed by atoms with Gasteiger partial charge in [-0.2, -0.15) is 0 Å². The van der Waals surface area contributed by atoms with E-state index in [2.05, 4.69) is 22.8 Å². The van der Waals surface area contributed by atoms with Crippen molar-refractivity contribution in [3.8, 4) is 0 Å². The van der Waals surface area contributed by atoms with Crippen LogP contribution in [0.1, 0.15) is 37.4 Å². The summed E-state index contributed by atoms with van der Waals surface area (Å²) in [5.41, 5.74) is 2.55. The van der Waals surface area contributed by atoms with E-state index in [1.165, 1.54) is 11.1 Å². The third-order valence-electron chi connectivity index (χ3n) is 3.94. The van der Waals surface area contributed by atoms with Crippen LogP contribution in [0.25, 0.3) is 0 Å². The molecule has 0 aromatic heterocycles. The quantitative estimate of drug-likeness (QED) is 0.777. The van der Waals surface area contributed by atoms with Crippen LogP contribution in [-0.4, -0.2) is 23.8 Å². The molecule has 1 aromatic rings. The Morgan fingerprint density at radius 2 is 2.16 bits per heavy atom. The molecule has 3 N–H and O–H groups in total. The van der Waals surface area contributed by atoms with Crippen molar-refractivity contribution in [2.24, 2.45) is 5.92 Å². The molecular weight excluding hydrogens is 240 g/mol. The summed E-state index contributed by atoms with van der Waals surface area (Å²) in [5, 5.41) is 15.0. The molecule has 0 fully saturated rings. The lowest BCUT2D eigenvalue weighted by Gasteiger charge is -2.21. The Morgan fingerprint density at radius 1 is 1.42 bits per heavy atom. The molecule has 3 unspecified atom stereocenters. The first kappa shape index (κ1) is 13.9. The second-order valence-electron chi connectivity index (χ2n) is 5.36. The van der Waals surface area contributed by atoms with Gasteiger partial charge in [-0.05, 0) is 36.8 Å². The summed E-state index contributed by atoms with van der Waals surface area (Å²) in [6, 6.07) is 8.14. The fourth-order valence-electron chi connectivity index (χ4n) is 2.41. The molecule has 0 radical (unpaired) electrons. The number of benzene rings is 1. The average molecular weight is 262 g/mol. The zero-order valence-electron chi connectivity index (χ0n) is 11.5. The van der Waals surface area contributed by atoms with Gasteiger partial charge in [-0.25, -0.2) is 4.79 Å². The van der Waals surface area contributed by atoms with Gasteiger partial charge in [-0.3, -0.25) is 0 Å². The van der Waals surface area contributed by atoms with Gasteiger partial charge >= 0.3 is 6.03 Å². The molecule has 1 aromatic carbocycles. The first-order valence-electron chi connectivity index (χ1n) is 6.87. The van der Waals surface area contributed by atoms with Crippen LogP contribution in [0, 0.1) is 5.92 Å². The summed E-state index contributed by atoms with van der Waals surface area (Å²) in [4.78, 5) is 11.9. The third-order valence-corrected chi connectivity index (χ3v) is 3.94. The number of carbonyl (C=O) groups is 1. The number of carbonyl (C=O) groups excluding carboxylic acids is 1. The normalized spacial score (nSPS) is 20.5. The van der Waals surface area contributed by atoms with Gasteiger partial charge in [0.05, 0.1) is 6.04 Å². The van der Waals surface area contributed by atoms with Gasteiger partial charge in [0.25, 0.3) is 0 Å². The number of rotatable bonds is 4. The number of aryl methyl sites for hydroxylation is 1. The van der Waals surface area contributed by atoms with Crippen molar-refractivity contribution in [1.29, 1.82) is 0 Å². The highest BCUT2D eigenvalue weighted by Crippen LogP contribution is 2.30. The highest BCUT2D eigenvalue weighted by Gasteiger charge is 2.24. The van der Waals surface area contributed by atoms with E-state index >= 15 is 0 Å². The lowest BCUT2D eigenvalue weighted by molar-refractivity contribution is 0.199. The van der Waals surface area contributed by atoms with E-state index in [0.717, 1.165) is 12.8 Å². The molecule has 4 heteroatoms. The van der Waals surface area contributed by atoms with Crippen LogP contribution in [0.3, 0.4) is 0 Å². The smallest absolute Gasteiger partial charge is 0.315 e. The SMILES string of the molecule is CC(CO)C(C)NC(=O)NC1CCc2ccccc21. The number of nitrogens with one attached hydrogen (secondary N) is 2. The average Bonchev–Trinajstić information content (AvgIpc) is 2.81. The third kappa shape index (κ3) is 3.26. The largest absolute Gasteiger partial charge is 0.396 e. The number of aliphatic hydroxyl groups excluding tert-OH is 1. The maximum atomic E-state index is 11.9. The summed E-state index contributed by atoms with van der Waals surface area (Å²) < 4.78 is 0. The van der Waals surface area contributed by atoms with E-state index in [9.17, 15) is 4.79 Å². The Labute approximate surface area is 114 Å². The minimum atomic E-state index is -0.158. The molecule has 104 valence electrons. The fourth-order valence-corrected chi connectivity index (χ4v) is 2.41. The summed E-state index contributed by atoms with van der Waals surface area (Å²) >= 11 is 0. The van der Waals surface area contributed by atoms with Crippen molar-refractivity contribution >= 4 is 6.03 Å². The molecule has 1 aliphatic rings. The first-order chi connectivity index (χ1) is 9.11. The van der Waals surface area contributed by atoms with E-state index < -0.39 is 0 Å². The monoisotopic (exact) mass is 262 g/mol. The topological polar surface area (TPSA) is 61.4 Å². The summed E-state index contributed by atoms with van der Waals surface area (Å²) in [6.45, 7) is 3.90. The second kappa shape index (κ2) is 6.06. The second-order valence-corrected chi connectivity index (χ2v) is 5.36. The Bertz CT molecular complexity index is 448. The van der Waals surface area contributed by atoms with Crippen LogP contribution in [0.5, 0.6) is 0 Å². The van der Waals surface area contributed by atoms with Gasteiger partial charge < -0.3 is 15.7 Å². The molecule has 2 amide bonds. The van der Waals surface area contributed by atoms with Crippen LogP contribution in [0.2, 0.25) is 0 Å². The van der Waals surface area contributed by atoms with Gasteiger partial charge in [-0.15, -0.1) is 0 Å². The summed E-state index contributed by atoms with van der Waals surface area (Å²) in [5.74, 6) is 0.0571. The van der Waals surface area contributed by atoms with Crippen LogP contribution in [-0.2, 0) is 6.42 Å². The predicted molar refractivity (Wildman–Crippen MR) is 74.9 cm³/mol. The van der Waals surface area contributed by atoms with Crippen molar-refractivity contribution in [2.45, 2.75) is 38.8 Å². The lowest BCUT2D eigenvalue weighted by atomic mass is 10.1. The zero-order valence-corrected chi connectivity index (χ0v) is 11.5. The summed E-state index contributed by atoms with van der Waals surface area (Å²) in [6.07, 6.45) is 1.97. The van der Waals surface area contributed by atoms with Gasteiger partial charge in [0.1, 0.15) is 0 Å². The fraction of sp³-hybridized carbons (Fsp3) is 0.533. The van der Waals surface area contributed by atoms with Gasteiger partial charge in [0.15, 0.2) is 0 Å².